The summed E-state index contributed by atoms with van der Waals surface area (Å²) in [6.45, 7) is 10.3. The number of carboxylic acids is 2. The number of rotatable bonds is 6. The number of benzene rings is 2. The summed E-state index contributed by atoms with van der Waals surface area (Å²) in [7, 11) is 0. The average molecular weight is 559 g/mol. The number of ketones is 1. The van der Waals surface area contributed by atoms with E-state index in [-0.39, 0.29) is 46.9 Å². The minimum atomic E-state index is -1.53. The fraction of sp³-hybridized carbons (Fsp3) is 0.483. The van der Waals surface area contributed by atoms with Crippen molar-refractivity contribution in [1.29, 1.82) is 0 Å². The summed E-state index contributed by atoms with van der Waals surface area (Å²) in [6, 6.07) is 0. The fourth-order valence-electron chi connectivity index (χ4n) is 6.17. The highest BCUT2D eigenvalue weighted by molar-refractivity contribution is 5.96. The van der Waals surface area contributed by atoms with Gasteiger partial charge in [0.1, 0.15) is 39.9 Å². The van der Waals surface area contributed by atoms with Gasteiger partial charge in [-0.25, -0.2) is 9.59 Å². The Bertz CT molecular complexity index is 1320. The van der Waals surface area contributed by atoms with Crippen molar-refractivity contribution in [1.82, 2.24) is 0 Å². The molecule has 4 rings (SSSR count). The zero-order valence-corrected chi connectivity index (χ0v) is 23.1. The predicted octanol–water partition coefficient (Wildman–Crippen LogP) is 4.70. The van der Waals surface area contributed by atoms with E-state index in [1.165, 1.54) is 0 Å². The molecule has 40 heavy (non-hydrogen) atoms. The summed E-state index contributed by atoms with van der Waals surface area (Å²) in [5.41, 5.74) is 0.464. The van der Waals surface area contributed by atoms with Gasteiger partial charge in [-0.15, -0.1) is 0 Å². The number of carbonyl (C=O) groups is 3. The molecule has 2 heterocycles. The zero-order chi connectivity index (χ0) is 30.0. The van der Waals surface area contributed by atoms with Crippen LogP contribution in [0.1, 0.15) is 119 Å². The molecule has 6 unspecified atom stereocenters. The smallest absolute Gasteiger partial charge is 0.343 e. The van der Waals surface area contributed by atoms with Gasteiger partial charge in [-0.2, -0.15) is 0 Å². The Morgan fingerprint density at radius 2 is 0.925 bits per heavy atom. The van der Waals surface area contributed by atoms with Crippen molar-refractivity contribution in [2.75, 3.05) is 0 Å². The molecule has 0 saturated carbocycles. The van der Waals surface area contributed by atoms with E-state index in [9.17, 15) is 45.0 Å². The van der Waals surface area contributed by atoms with Crippen LogP contribution in [0.4, 0.5) is 0 Å². The van der Waals surface area contributed by atoms with Crippen LogP contribution in [0.5, 0.6) is 23.0 Å². The van der Waals surface area contributed by atoms with Gasteiger partial charge in [-0.3, -0.25) is 4.79 Å². The Morgan fingerprint density at radius 3 is 1.23 bits per heavy atom. The molecule has 0 bridgehead atoms. The molecule has 0 aromatic heterocycles. The molecule has 216 valence electrons. The summed E-state index contributed by atoms with van der Waals surface area (Å²) in [4.78, 5) is 37.1. The number of hydrogen-bond acceptors (Lipinski definition) is 9. The third-order valence-corrected chi connectivity index (χ3v) is 8.53. The maximum absolute atomic E-state index is 13.5. The van der Waals surface area contributed by atoms with Crippen LogP contribution in [-0.2, 0) is 14.3 Å². The Labute approximate surface area is 230 Å². The van der Waals surface area contributed by atoms with E-state index in [2.05, 4.69) is 0 Å². The molecule has 0 saturated heterocycles. The SMILES string of the molecule is Cc1c(O)c(C(=O)O)c(O)c2c1C(C)C(C)OC2CC(=O)CC1OC(C)C(C)c2c(C)c(O)c(C(=O)O)c(O)c21. The molecule has 0 radical (unpaired) electrons. The minimum Gasteiger partial charge on any atom is -0.507 e. The summed E-state index contributed by atoms with van der Waals surface area (Å²) in [5.74, 6) is -6.55. The monoisotopic (exact) mass is 558 g/mol. The highest BCUT2D eigenvalue weighted by Gasteiger charge is 2.42. The molecule has 11 nitrogen and oxygen atoms in total. The molecular formula is C29H34O11. The van der Waals surface area contributed by atoms with Crippen LogP contribution in [0.15, 0.2) is 0 Å². The predicted molar refractivity (Wildman–Crippen MR) is 141 cm³/mol. The quantitative estimate of drug-likeness (QED) is 0.288. The molecule has 2 aliphatic rings. The lowest BCUT2D eigenvalue weighted by Crippen LogP contribution is -2.32. The molecule has 2 aromatic rings. The van der Waals surface area contributed by atoms with E-state index in [4.69, 9.17) is 9.47 Å². The van der Waals surface area contributed by atoms with Crippen molar-refractivity contribution in [3.63, 3.8) is 0 Å². The first-order chi connectivity index (χ1) is 18.6. The van der Waals surface area contributed by atoms with E-state index < -0.39 is 76.3 Å². The van der Waals surface area contributed by atoms with E-state index in [0.29, 0.717) is 11.1 Å². The third kappa shape index (κ3) is 4.43. The first-order valence-corrected chi connectivity index (χ1v) is 13.1. The van der Waals surface area contributed by atoms with E-state index >= 15 is 0 Å². The highest BCUT2D eigenvalue weighted by Crippen LogP contribution is 2.52. The Kier molecular flexibility index (Phi) is 7.50. The van der Waals surface area contributed by atoms with Crippen LogP contribution in [0.3, 0.4) is 0 Å². The van der Waals surface area contributed by atoms with E-state index in [1.807, 2.05) is 13.8 Å². The molecule has 6 atom stereocenters. The van der Waals surface area contributed by atoms with E-state index in [1.54, 1.807) is 27.7 Å². The van der Waals surface area contributed by atoms with Gasteiger partial charge in [-0.05, 0) is 49.9 Å². The lowest BCUT2D eigenvalue weighted by Gasteiger charge is -2.38. The summed E-state index contributed by atoms with van der Waals surface area (Å²) in [5, 5.41) is 62.1. The number of aromatic carboxylic acids is 2. The normalized spacial score (nSPS) is 25.6. The Hall–Kier alpha value is -3.83. The van der Waals surface area contributed by atoms with Gasteiger partial charge in [0.05, 0.1) is 24.4 Å². The molecule has 6 N–H and O–H groups in total. The Balaban J connectivity index is 1.75. The van der Waals surface area contributed by atoms with Gasteiger partial charge in [-0.1, -0.05) is 13.8 Å². The molecule has 0 spiro atoms. The summed E-state index contributed by atoms with van der Waals surface area (Å²) < 4.78 is 12.1. The minimum absolute atomic E-state index is 0.121. The lowest BCUT2D eigenvalue weighted by molar-refractivity contribution is -0.129. The number of phenols is 4. The van der Waals surface area contributed by atoms with Crippen LogP contribution in [-0.4, -0.2) is 60.6 Å². The van der Waals surface area contributed by atoms with Gasteiger partial charge in [0.15, 0.2) is 0 Å². The fourth-order valence-corrected chi connectivity index (χ4v) is 6.17. The number of carboxylic acid groups (broad SMARTS) is 2. The largest absolute Gasteiger partial charge is 0.507 e. The van der Waals surface area contributed by atoms with Crippen LogP contribution < -0.4 is 0 Å². The van der Waals surface area contributed by atoms with Crippen molar-refractivity contribution in [3.05, 3.63) is 44.5 Å². The second-order valence-corrected chi connectivity index (χ2v) is 10.8. The van der Waals surface area contributed by atoms with Gasteiger partial charge >= 0.3 is 11.9 Å². The molecule has 0 aliphatic carbocycles. The van der Waals surface area contributed by atoms with Crippen LogP contribution in [0.25, 0.3) is 0 Å². The van der Waals surface area contributed by atoms with E-state index in [0.717, 1.165) is 0 Å². The third-order valence-electron chi connectivity index (χ3n) is 8.53. The second kappa shape index (κ2) is 10.3. The zero-order valence-electron chi connectivity index (χ0n) is 23.1. The molecule has 2 aromatic carbocycles. The standard InChI is InChI=1S/C29H34O11/c1-9-13(5)39-16(20-18(9)11(3)24(31)22(26(20)33)28(35)36)7-15(30)8-17-21-19(10(2)14(6)40-17)12(4)25(32)23(27(21)34)29(37)38/h9-10,13-14,16-17,31-34H,7-8H2,1-6H3,(H,35,36)(H,37,38). The number of Topliss-reactive ketones (excluding diaryl/α,β-unsaturated/α-hetero) is 1. The van der Waals surface area contributed by atoms with Crippen molar-refractivity contribution >= 4 is 17.7 Å². The van der Waals surface area contributed by atoms with Crippen molar-refractivity contribution in [2.45, 2.75) is 90.6 Å². The average Bonchev–Trinajstić information content (AvgIpc) is 2.84. The number of aromatic hydroxyl groups is 4. The summed E-state index contributed by atoms with van der Waals surface area (Å²) >= 11 is 0. The topological polar surface area (TPSA) is 191 Å². The highest BCUT2D eigenvalue weighted by atomic mass is 16.5. The van der Waals surface area contributed by atoms with Crippen LogP contribution >= 0.6 is 0 Å². The number of ether oxygens (including phenoxy) is 2. The van der Waals surface area contributed by atoms with Gasteiger partial charge in [0, 0.05) is 35.8 Å². The molecule has 2 aliphatic heterocycles. The maximum Gasteiger partial charge on any atom is 0.343 e. The molecular weight excluding hydrogens is 524 g/mol. The number of fused-ring (bicyclic) bond motifs is 2. The first kappa shape index (κ1) is 29.2. The van der Waals surface area contributed by atoms with Gasteiger partial charge in [0.25, 0.3) is 0 Å². The van der Waals surface area contributed by atoms with Crippen molar-refractivity contribution in [2.24, 2.45) is 0 Å². The first-order valence-electron chi connectivity index (χ1n) is 13.1. The van der Waals surface area contributed by atoms with Gasteiger partial charge < -0.3 is 40.1 Å². The van der Waals surface area contributed by atoms with Gasteiger partial charge in [0.2, 0.25) is 0 Å². The van der Waals surface area contributed by atoms with Crippen LogP contribution in [0, 0.1) is 13.8 Å². The summed E-state index contributed by atoms with van der Waals surface area (Å²) in [6.07, 6.45) is -3.50. The van der Waals surface area contributed by atoms with Crippen LogP contribution in [0.2, 0.25) is 0 Å². The van der Waals surface area contributed by atoms with Crippen molar-refractivity contribution in [3.8, 4) is 23.0 Å². The Morgan fingerprint density at radius 1 is 0.600 bits per heavy atom. The maximum atomic E-state index is 13.5. The number of carbonyl (C=O) groups excluding carboxylic acids is 1. The van der Waals surface area contributed by atoms with Crippen molar-refractivity contribution < 1.29 is 54.5 Å². The number of hydrogen-bond donors (Lipinski definition) is 6. The molecule has 0 fully saturated rings. The lowest BCUT2D eigenvalue weighted by atomic mass is 9.78. The molecule has 0 amide bonds. The second-order valence-electron chi connectivity index (χ2n) is 10.8. The molecule has 11 heteroatoms.